The summed E-state index contributed by atoms with van der Waals surface area (Å²) in [7, 11) is 0. The molecule has 20 heavy (non-hydrogen) atoms. The van der Waals surface area contributed by atoms with Gasteiger partial charge in [0.1, 0.15) is 19.0 Å². The molecule has 0 aliphatic carbocycles. The first-order chi connectivity index (χ1) is 9.65. The largest absolute Gasteiger partial charge is 0.486 e. The Bertz CT molecular complexity index is 648. The van der Waals surface area contributed by atoms with Crippen LogP contribution in [0.4, 0.5) is 4.39 Å². The fourth-order valence-corrected chi connectivity index (χ4v) is 2.84. The summed E-state index contributed by atoms with van der Waals surface area (Å²) >= 11 is 9.42. The third kappa shape index (κ3) is 2.63. The van der Waals surface area contributed by atoms with E-state index in [0.717, 1.165) is 22.6 Å². The number of halogens is 3. The molecule has 1 aliphatic heterocycles. The molecule has 5 heteroatoms. The number of rotatable bonds is 2. The van der Waals surface area contributed by atoms with Crippen LogP contribution < -0.4 is 9.47 Å². The van der Waals surface area contributed by atoms with Gasteiger partial charge in [-0.05, 0) is 35.4 Å². The van der Waals surface area contributed by atoms with Gasteiger partial charge in [-0.25, -0.2) is 4.39 Å². The Kier molecular flexibility index (Phi) is 3.85. The summed E-state index contributed by atoms with van der Waals surface area (Å²) in [5.41, 5.74) is 1.88. The van der Waals surface area contributed by atoms with E-state index in [-0.39, 0.29) is 9.85 Å². The van der Waals surface area contributed by atoms with E-state index in [9.17, 15) is 4.39 Å². The fraction of sp³-hybridized carbons (Fsp3) is 0.200. The Balaban J connectivity index is 1.93. The van der Waals surface area contributed by atoms with Crippen molar-refractivity contribution in [3.63, 3.8) is 0 Å². The van der Waals surface area contributed by atoms with Crippen molar-refractivity contribution < 1.29 is 13.9 Å². The van der Waals surface area contributed by atoms with Crippen LogP contribution in [0, 0.1) is 5.82 Å². The molecule has 2 aromatic carbocycles. The molecule has 0 amide bonds. The fourth-order valence-electron chi connectivity index (χ4n) is 2.08. The molecule has 1 aliphatic rings. The van der Waals surface area contributed by atoms with Gasteiger partial charge < -0.3 is 9.47 Å². The maximum atomic E-state index is 13.2. The van der Waals surface area contributed by atoms with Crippen LogP contribution in [0.2, 0.25) is 5.02 Å². The Morgan fingerprint density at radius 3 is 2.40 bits per heavy atom. The summed E-state index contributed by atoms with van der Waals surface area (Å²) in [4.78, 5) is -0.0866. The smallest absolute Gasteiger partial charge is 0.161 e. The second-order valence-corrected chi connectivity index (χ2v) is 5.76. The summed E-state index contributed by atoms with van der Waals surface area (Å²) < 4.78 is 24.3. The van der Waals surface area contributed by atoms with E-state index < -0.39 is 5.82 Å². The summed E-state index contributed by atoms with van der Waals surface area (Å²) in [6.45, 7) is 1.11. The zero-order valence-electron chi connectivity index (χ0n) is 10.4. The number of hydrogen-bond acceptors (Lipinski definition) is 2. The minimum atomic E-state index is -0.419. The van der Waals surface area contributed by atoms with Gasteiger partial charge in [-0.3, -0.25) is 0 Å². The first-order valence-electron chi connectivity index (χ1n) is 6.14. The van der Waals surface area contributed by atoms with E-state index in [1.54, 1.807) is 12.1 Å². The Morgan fingerprint density at radius 2 is 1.65 bits per heavy atom. The predicted octanol–water partition coefficient (Wildman–Crippen LogP) is 4.73. The third-order valence-corrected chi connectivity index (χ3v) is 4.44. The molecule has 0 aromatic heterocycles. The van der Waals surface area contributed by atoms with Gasteiger partial charge in [-0.2, -0.15) is 0 Å². The first-order valence-corrected chi connectivity index (χ1v) is 7.43. The Labute approximate surface area is 129 Å². The minimum absolute atomic E-state index is 0.0866. The molecule has 1 atom stereocenters. The average Bonchev–Trinajstić information content (AvgIpc) is 2.49. The van der Waals surface area contributed by atoms with Gasteiger partial charge in [-0.1, -0.05) is 39.7 Å². The van der Waals surface area contributed by atoms with Gasteiger partial charge in [0, 0.05) is 0 Å². The summed E-state index contributed by atoms with van der Waals surface area (Å²) in [6.07, 6.45) is 0. The lowest BCUT2D eigenvalue weighted by Gasteiger charge is -2.20. The summed E-state index contributed by atoms with van der Waals surface area (Å²) in [6, 6.07) is 10.4. The van der Waals surface area contributed by atoms with Gasteiger partial charge in [0.15, 0.2) is 11.5 Å². The van der Waals surface area contributed by atoms with Crippen molar-refractivity contribution in [3.8, 4) is 11.5 Å². The molecule has 0 spiro atoms. The van der Waals surface area contributed by atoms with Crippen molar-refractivity contribution in [3.05, 3.63) is 58.4 Å². The molecular formula is C15H11BrClFO2. The van der Waals surface area contributed by atoms with E-state index in [2.05, 4.69) is 15.9 Å². The zero-order chi connectivity index (χ0) is 14.1. The molecule has 2 nitrogen and oxygen atoms in total. The van der Waals surface area contributed by atoms with Crippen LogP contribution in [0.3, 0.4) is 0 Å². The van der Waals surface area contributed by atoms with Gasteiger partial charge in [0.2, 0.25) is 0 Å². The lowest BCUT2D eigenvalue weighted by atomic mass is 10.0. The standard InChI is InChI=1S/C15H11BrClFO2/c16-15(9-1-3-12(18)11(17)7-9)10-2-4-13-14(8-10)20-6-5-19-13/h1-4,7-8,15H,5-6H2. The van der Waals surface area contributed by atoms with E-state index in [1.165, 1.54) is 6.07 Å². The summed E-state index contributed by atoms with van der Waals surface area (Å²) in [5.74, 6) is 1.06. The number of fused-ring (bicyclic) bond motifs is 1. The monoisotopic (exact) mass is 356 g/mol. The highest BCUT2D eigenvalue weighted by Crippen LogP contribution is 2.38. The molecule has 1 heterocycles. The Morgan fingerprint density at radius 1 is 1.00 bits per heavy atom. The molecule has 0 bridgehead atoms. The lowest BCUT2D eigenvalue weighted by molar-refractivity contribution is 0.171. The van der Waals surface area contributed by atoms with Crippen LogP contribution in [0.25, 0.3) is 0 Å². The SMILES string of the molecule is Fc1ccc(C(Br)c2ccc3c(c2)OCCO3)cc1Cl. The number of hydrogen-bond donors (Lipinski definition) is 0. The van der Waals surface area contributed by atoms with Crippen LogP contribution >= 0.6 is 27.5 Å². The minimum Gasteiger partial charge on any atom is -0.486 e. The third-order valence-electron chi connectivity index (χ3n) is 3.10. The molecule has 1 unspecified atom stereocenters. The molecule has 0 saturated heterocycles. The molecule has 104 valence electrons. The van der Waals surface area contributed by atoms with Crippen LogP contribution in [0.1, 0.15) is 16.0 Å². The van der Waals surface area contributed by atoms with Gasteiger partial charge in [-0.15, -0.1) is 0 Å². The van der Waals surface area contributed by atoms with Gasteiger partial charge in [0.05, 0.1) is 9.85 Å². The molecule has 3 rings (SSSR count). The van der Waals surface area contributed by atoms with E-state index in [4.69, 9.17) is 21.1 Å². The Hall–Kier alpha value is -1.26. The number of ether oxygens (including phenoxy) is 2. The maximum Gasteiger partial charge on any atom is 0.161 e. The van der Waals surface area contributed by atoms with Crippen LogP contribution in [-0.4, -0.2) is 13.2 Å². The number of benzene rings is 2. The highest BCUT2D eigenvalue weighted by atomic mass is 79.9. The van der Waals surface area contributed by atoms with Gasteiger partial charge >= 0.3 is 0 Å². The van der Waals surface area contributed by atoms with Crippen molar-refractivity contribution in [1.82, 2.24) is 0 Å². The predicted molar refractivity (Wildman–Crippen MR) is 79.6 cm³/mol. The number of alkyl halides is 1. The lowest BCUT2D eigenvalue weighted by Crippen LogP contribution is -2.15. The topological polar surface area (TPSA) is 18.5 Å². The van der Waals surface area contributed by atoms with E-state index in [1.807, 2.05) is 18.2 Å². The normalized spacial score (nSPS) is 14.9. The highest BCUT2D eigenvalue weighted by Gasteiger charge is 2.17. The quantitative estimate of drug-likeness (QED) is 0.723. The van der Waals surface area contributed by atoms with Crippen LogP contribution in [0.5, 0.6) is 11.5 Å². The van der Waals surface area contributed by atoms with Crippen molar-refractivity contribution in [2.45, 2.75) is 4.83 Å². The van der Waals surface area contributed by atoms with Crippen LogP contribution in [0.15, 0.2) is 36.4 Å². The zero-order valence-corrected chi connectivity index (χ0v) is 12.7. The molecule has 2 aromatic rings. The molecule has 0 fully saturated rings. The van der Waals surface area contributed by atoms with E-state index >= 15 is 0 Å². The molecule has 0 saturated carbocycles. The molecular weight excluding hydrogens is 347 g/mol. The second-order valence-electron chi connectivity index (χ2n) is 4.44. The van der Waals surface area contributed by atoms with Crippen molar-refractivity contribution in [2.24, 2.45) is 0 Å². The summed E-state index contributed by atoms with van der Waals surface area (Å²) in [5, 5.41) is 0.115. The maximum absolute atomic E-state index is 13.2. The average molecular weight is 358 g/mol. The molecule has 0 radical (unpaired) electrons. The van der Waals surface area contributed by atoms with Crippen LogP contribution in [-0.2, 0) is 0 Å². The van der Waals surface area contributed by atoms with Crippen molar-refractivity contribution >= 4 is 27.5 Å². The van der Waals surface area contributed by atoms with Gasteiger partial charge in [0.25, 0.3) is 0 Å². The van der Waals surface area contributed by atoms with Crippen molar-refractivity contribution in [1.29, 1.82) is 0 Å². The molecule has 0 N–H and O–H groups in total. The van der Waals surface area contributed by atoms with Crippen molar-refractivity contribution in [2.75, 3.05) is 13.2 Å². The first kappa shape index (κ1) is 13.7. The van der Waals surface area contributed by atoms with E-state index in [0.29, 0.717) is 13.2 Å². The highest BCUT2D eigenvalue weighted by molar-refractivity contribution is 9.09. The second kappa shape index (κ2) is 5.62.